The molecule has 0 saturated carbocycles. The third-order valence-corrected chi connectivity index (χ3v) is 10.1. The number of aryl methyl sites for hydroxylation is 1. The molecule has 3 aromatic heterocycles. The molecule has 4 aliphatic rings. The maximum Gasteiger partial charge on any atom is 0.417 e. The molecule has 1 N–H and O–H groups in total. The molecule has 1 unspecified atom stereocenters. The fourth-order valence-corrected chi connectivity index (χ4v) is 8.10. The second-order valence-electron chi connectivity index (χ2n) is 12.9. The third-order valence-electron chi connectivity index (χ3n) is 10.1. The Morgan fingerprint density at radius 3 is 2.84 bits per heavy atom. The van der Waals surface area contributed by atoms with Gasteiger partial charge in [0.15, 0.2) is 5.82 Å². The number of fused-ring (bicyclic) bond motifs is 4. The predicted octanol–water partition coefficient (Wildman–Crippen LogP) is 6.74. The molecule has 3 saturated heterocycles. The fourth-order valence-electron chi connectivity index (χ4n) is 8.10. The number of halogens is 5. The van der Waals surface area contributed by atoms with Crippen LogP contribution in [0.25, 0.3) is 33.1 Å². The lowest BCUT2D eigenvalue weighted by Crippen LogP contribution is -2.43. The molecular weight excluding hydrogens is 595 g/mol. The molecule has 3 fully saturated rings. The maximum absolute atomic E-state index is 16.9. The Kier molecular flexibility index (Phi) is 6.63. The molecule has 1 aromatic carbocycles. The highest BCUT2D eigenvalue weighted by Gasteiger charge is 2.49. The first-order chi connectivity index (χ1) is 21.6. The number of hydrogen-bond acceptors (Lipinski definition) is 7. The van der Waals surface area contributed by atoms with Crippen LogP contribution in [0.2, 0.25) is 0 Å². The quantitative estimate of drug-likeness (QED) is 0.251. The SMILES string of the molecule is Cc1cc2[nH]ncc2c(-c2nc3c4c(cc(OC[C@@]56CCCN5C[C@H](F)C6)nc4c2F)N2CCCCCC2CO3)c1C(F)(F)F. The molecule has 0 aliphatic carbocycles. The number of rotatable bonds is 4. The van der Waals surface area contributed by atoms with Gasteiger partial charge >= 0.3 is 6.18 Å². The Hall–Kier alpha value is -3.74. The smallest absolute Gasteiger partial charge is 0.417 e. The molecule has 13 heteroatoms. The zero-order chi connectivity index (χ0) is 31.1. The van der Waals surface area contributed by atoms with Gasteiger partial charge in [0.25, 0.3) is 0 Å². The summed E-state index contributed by atoms with van der Waals surface area (Å²) >= 11 is 0. The first-order valence-corrected chi connectivity index (χ1v) is 15.6. The van der Waals surface area contributed by atoms with E-state index in [0.717, 1.165) is 45.1 Å². The Balaban J connectivity index is 1.34. The Labute approximate surface area is 255 Å². The molecule has 0 spiro atoms. The largest absolute Gasteiger partial charge is 0.476 e. The number of aromatic nitrogens is 4. The van der Waals surface area contributed by atoms with Crippen LogP contribution in [0, 0.1) is 12.7 Å². The zero-order valence-corrected chi connectivity index (χ0v) is 24.8. The summed E-state index contributed by atoms with van der Waals surface area (Å²) in [5.74, 6) is -0.825. The molecule has 4 aliphatic heterocycles. The summed E-state index contributed by atoms with van der Waals surface area (Å²) in [5.41, 5.74) is -1.68. The lowest BCUT2D eigenvalue weighted by molar-refractivity contribution is -0.137. The molecule has 0 amide bonds. The van der Waals surface area contributed by atoms with Crippen LogP contribution >= 0.6 is 0 Å². The van der Waals surface area contributed by atoms with Gasteiger partial charge in [0.1, 0.15) is 30.6 Å². The average Bonchev–Trinajstić information content (AvgIpc) is 3.60. The number of alkyl halides is 4. The van der Waals surface area contributed by atoms with Gasteiger partial charge in [-0.05, 0) is 50.8 Å². The first-order valence-electron chi connectivity index (χ1n) is 15.6. The monoisotopic (exact) mass is 628 g/mol. The fraction of sp³-hybridized carbons (Fsp3) is 0.531. The molecule has 7 heterocycles. The summed E-state index contributed by atoms with van der Waals surface area (Å²) in [7, 11) is 0. The van der Waals surface area contributed by atoms with E-state index in [1.54, 1.807) is 6.07 Å². The molecular formula is C32H33F5N6O2. The van der Waals surface area contributed by atoms with Crippen LogP contribution in [0.5, 0.6) is 11.8 Å². The van der Waals surface area contributed by atoms with E-state index in [-0.39, 0.29) is 47.5 Å². The van der Waals surface area contributed by atoms with Crippen molar-refractivity contribution in [2.45, 2.75) is 75.8 Å². The van der Waals surface area contributed by atoms with Gasteiger partial charge in [0, 0.05) is 36.5 Å². The van der Waals surface area contributed by atoms with Crippen molar-refractivity contribution in [3.8, 4) is 23.0 Å². The molecule has 3 atom stereocenters. The highest BCUT2D eigenvalue weighted by Crippen LogP contribution is 2.48. The number of nitrogens with zero attached hydrogens (tertiary/aromatic N) is 5. The third kappa shape index (κ3) is 4.59. The van der Waals surface area contributed by atoms with Crippen molar-refractivity contribution < 1.29 is 31.4 Å². The maximum atomic E-state index is 16.9. The summed E-state index contributed by atoms with van der Waals surface area (Å²) in [6.07, 6.45) is 1.39. The Morgan fingerprint density at radius 2 is 2.00 bits per heavy atom. The normalized spacial score (nSPS) is 25.2. The Morgan fingerprint density at radius 1 is 1.13 bits per heavy atom. The number of aromatic amines is 1. The Bertz CT molecular complexity index is 1810. The lowest BCUT2D eigenvalue weighted by atomic mass is 9.94. The van der Waals surface area contributed by atoms with E-state index in [1.165, 1.54) is 19.2 Å². The number of hydrogen-bond donors (Lipinski definition) is 1. The van der Waals surface area contributed by atoms with E-state index >= 15 is 4.39 Å². The summed E-state index contributed by atoms with van der Waals surface area (Å²) in [6.45, 7) is 3.61. The van der Waals surface area contributed by atoms with Crippen LogP contribution in [0.15, 0.2) is 18.3 Å². The summed E-state index contributed by atoms with van der Waals surface area (Å²) in [4.78, 5) is 13.4. The van der Waals surface area contributed by atoms with Crippen LogP contribution in [-0.4, -0.2) is 75.7 Å². The van der Waals surface area contributed by atoms with E-state index in [1.807, 2.05) is 0 Å². The summed E-state index contributed by atoms with van der Waals surface area (Å²) < 4.78 is 87.7. The lowest BCUT2D eigenvalue weighted by Gasteiger charge is -2.32. The van der Waals surface area contributed by atoms with Gasteiger partial charge in [0.05, 0.1) is 39.9 Å². The minimum atomic E-state index is -4.80. The van der Waals surface area contributed by atoms with Gasteiger partial charge in [-0.25, -0.2) is 18.7 Å². The number of H-pyrrole nitrogens is 1. The van der Waals surface area contributed by atoms with Crippen molar-refractivity contribution >= 4 is 27.5 Å². The number of anilines is 1. The predicted molar refractivity (Wildman–Crippen MR) is 158 cm³/mol. The van der Waals surface area contributed by atoms with Gasteiger partial charge in [0.2, 0.25) is 11.8 Å². The molecule has 8 nitrogen and oxygen atoms in total. The number of nitrogens with one attached hydrogen (secondary N) is 1. The van der Waals surface area contributed by atoms with Crippen molar-refractivity contribution in [3.05, 3.63) is 35.3 Å². The van der Waals surface area contributed by atoms with Crippen LogP contribution in [-0.2, 0) is 6.18 Å². The van der Waals surface area contributed by atoms with Crippen LogP contribution in [0.4, 0.5) is 27.6 Å². The summed E-state index contributed by atoms with van der Waals surface area (Å²) in [6, 6.07) is 3.07. The van der Waals surface area contributed by atoms with E-state index < -0.39 is 40.5 Å². The van der Waals surface area contributed by atoms with Gasteiger partial charge in [-0.15, -0.1) is 0 Å². The van der Waals surface area contributed by atoms with Gasteiger partial charge in [-0.2, -0.15) is 18.3 Å². The van der Waals surface area contributed by atoms with E-state index in [2.05, 4.69) is 30.0 Å². The molecule has 0 radical (unpaired) electrons. The van der Waals surface area contributed by atoms with E-state index in [0.29, 0.717) is 36.1 Å². The van der Waals surface area contributed by atoms with Gasteiger partial charge in [-0.1, -0.05) is 12.8 Å². The van der Waals surface area contributed by atoms with Crippen molar-refractivity contribution in [1.82, 2.24) is 25.1 Å². The molecule has 238 valence electrons. The second-order valence-corrected chi connectivity index (χ2v) is 12.9. The van der Waals surface area contributed by atoms with Crippen molar-refractivity contribution in [2.75, 3.05) is 37.7 Å². The average molecular weight is 629 g/mol. The standard InChI is InChI=1S/C32H33F5N6O2/c1-17-10-21-20(13-38-41-21)24(26(17)32(35,36)37)28-27(34)29-25-22(43-9-4-2-3-6-19(43)15-44-30(25)40-28)11-23(39-29)45-16-31-7-5-8-42(31)14-18(33)12-31/h10-11,13,18-19H,2-9,12,14-16H2,1H3,(H,38,41)/t18-,19?,31+/m1/s1. The second kappa shape index (κ2) is 10.4. The number of benzene rings is 1. The molecule has 4 aromatic rings. The highest BCUT2D eigenvalue weighted by atomic mass is 19.4. The van der Waals surface area contributed by atoms with Crippen LogP contribution in [0.1, 0.15) is 56.1 Å². The number of pyridine rings is 2. The van der Waals surface area contributed by atoms with Crippen molar-refractivity contribution in [2.24, 2.45) is 0 Å². The highest BCUT2D eigenvalue weighted by molar-refractivity contribution is 6.02. The zero-order valence-electron chi connectivity index (χ0n) is 24.8. The number of ether oxygens (including phenoxy) is 2. The molecule has 8 rings (SSSR count). The van der Waals surface area contributed by atoms with Crippen molar-refractivity contribution in [1.29, 1.82) is 0 Å². The van der Waals surface area contributed by atoms with Gasteiger partial charge < -0.3 is 14.4 Å². The van der Waals surface area contributed by atoms with Gasteiger partial charge in [-0.3, -0.25) is 10.00 Å². The van der Waals surface area contributed by atoms with Crippen LogP contribution < -0.4 is 14.4 Å². The first kappa shape index (κ1) is 28.7. The van der Waals surface area contributed by atoms with Crippen LogP contribution in [0.3, 0.4) is 0 Å². The minimum absolute atomic E-state index is 0.0337. The van der Waals surface area contributed by atoms with E-state index in [4.69, 9.17) is 9.47 Å². The van der Waals surface area contributed by atoms with E-state index in [9.17, 15) is 17.6 Å². The topological polar surface area (TPSA) is 79.4 Å². The van der Waals surface area contributed by atoms with Crippen molar-refractivity contribution in [3.63, 3.8) is 0 Å². The minimum Gasteiger partial charge on any atom is -0.476 e. The molecule has 45 heavy (non-hydrogen) atoms. The molecule has 0 bridgehead atoms. The summed E-state index contributed by atoms with van der Waals surface area (Å²) in [5, 5.41) is 7.05.